The number of nitrogens with one attached hydrogen (secondary N) is 1. The van der Waals surface area contributed by atoms with E-state index >= 15 is 0 Å². The lowest BCUT2D eigenvalue weighted by atomic mass is 10.1. The zero-order valence-corrected chi connectivity index (χ0v) is 13.4. The Hall–Kier alpha value is -1.09. The van der Waals surface area contributed by atoms with Crippen LogP contribution in [-0.4, -0.2) is 24.1 Å². The van der Waals surface area contributed by atoms with Crippen molar-refractivity contribution in [2.45, 2.75) is 59.0 Å². The second kappa shape index (κ2) is 7.07. The van der Waals surface area contributed by atoms with Crippen molar-refractivity contribution < 1.29 is 0 Å². The van der Waals surface area contributed by atoms with Crippen LogP contribution in [0.1, 0.15) is 58.6 Å². The van der Waals surface area contributed by atoms with Gasteiger partial charge in [-0.05, 0) is 44.7 Å². The molecule has 1 aromatic rings. The lowest BCUT2D eigenvalue weighted by molar-refractivity contribution is 0.558. The summed E-state index contributed by atoms with van der Waals surface area (Å²) in [7, 11) is 0. The predicted octanol–water partition coefficient (Wildman–Crippen LogP) is 3.77. The van der Waals surface area contributed by atoms with E-state index in [4.69, 9.17) is 4.98 Å². The fourth-order valence-corrected chi connectivity index (χ4v) is 2.65. The number of anilines is 1. The molecule has 3 nitrogen and oxygen atoms in total. The van der Waals surface area contributed by atoms with E-state index in [1.807, 2.05) is 6.20 Å². The molecule has 3 heteroatoms. The number of nitrogens with zero attached hydrogens (tertiary/aromatic N) is 2. The molecule has 1 saturated carbocycles. The Bertz CT molecular complexity index is 412. The monoisotopic (exact) mass is 275 g/mol. The van der Waals surface area contributed by atoms with E-state index in [1.54, 1.807) is 0 Å². The highest BCUT2D eigenvalue weighted by molar-refractivity contribution is 5.50. The third kappa shape index (κ3) is 3.95. The fraction of sp³-hybridized carbons (Fsp3) is 0.706. The van der Waals surface area contributed by atoms with E-state index < -0.39 is 0 Å². The van der Waals surface area contributed by atoms with Gasteiger partial charge in [0.2, 0.25) is 0 Å². The molecule has 20 heavy (non-hydrogen) atoms. The second-order valence-electron chi connectivity index (χ2n) is 6.37. The van der Waals surface area contributed by atoms with Crippen LogP contribution in [0.2, 0.25) is 0 Å². The summed E-state index contributed by atoms with van der Waals surface area (Å²) in [5.41, 5.74) is 1.34. The molecule has 1 aliphatic carbocycles. The topological polar surface area (TPSA) is 28.2 Å². The molecule has 0 radical (unpaired) electrons. The first kappa shape index (κ1) is 15.3. The molecule has 0 bridgehead atoms. The molecule has 1 atom stereocenters. The Labute approximate surface area is 123 Å². The number of hydrogen-bond donors (Lipinski definition) is 1. The minimum Gasteiger partial charge on any atom is -0.353 e. The van der Waals surface area contributed by atoms with E-state index in [9.17, 15) is 0 Å². The molecule has 0 spiro atoms. The molecule has 1 unspecified atom stereocenters. The first-order valence-electron chi connectivity index (χ1n) is 8.08. The predicted molar refractivity (Wildman–Crippen MR) is 86.2 cm³/mol. The third-order valence-electron chi connectivity index (χ3n) is 3.81. The maximum Gasteiger partial charge on any atom is 0.133 e. The van der Waals surface area contributed by atoms with Gasteiger partial charge in [0.25, 0.3) is 0 Å². The molecule has 0 aliphatic heterocycles. The molecule has 1 N–H and O–H groups in total. The summed E-state index contributed by atoms with van der Waals surface area (Å²) in [5, 5.41) is 3.59. The van der Waals surface area contributed by atoms with Crippen molar-refractivity contribution in [3.05, 3.63) is 23.9 Å². The normalized spacial score (nSPS) is 16.4. The van der Waals surface area contributed by atoms with Crippen molar-refractivity contribution in [1.82, 2.24) is 10.3 Å². The maximum atomic E-state index is 4.71. The minimum atomic E-state index is 0.368. The van der Waals surface area contributed by atoms with Gasteiger partial charge in [-0.25, -0.2) is 4.98 Å². The number of rotatable bonds is 8. The summed E-state index contributed by atoms with van der Waals surface area (Å²) in [6.45, 7) is 11.2. The van der Waals surface area contributed by atoms with Crippen molar-refractivity contribution in [3.8, 4) is 0 Å². The summed E-state index contributed by atoms with van der Waals surface area (Å²) in [4.78, 5) is 7.24. The Morgan fingerprint density at radius 2 is 2.10 bits per heavy atom. The molecule has 1 aromatic heterocycles. The minimum absolute atomic E-state index is 0.368. The molecule has 2 rings (SSSR count). The van der Waals surface area contributed by atoms with E-state index in [2.05, 4.69) is 50.0 Å². The van der Waals surface area contributed by atoms with Gasteiger partial charge in [0.1, 0.15) is 5.82 Å². The number of pyridine rings is 1. The zero-order valence-electron chi connectivity index (χ0n) is 13.4. The smallest absolute Gasteiger partial charge is 0.133 e. The van der Waals surface area contributed by atoms with Crippen LogP contribution >= 0.6 is 0 Å². The van der Waals surface area contributed by atoms with Crippen LogP contribution in [-0.2, 0) is 0 Å². The van der Waals surface area contributed by atoms with E-state index in [0.717, 1.165) is 19.5 Å². The largest absolute Gasteiger partial charge is 0.353 e. The Morgan fingerprint density at radius 3 is 2.70 bits per heavy atom. The van der Waals surface area contributed by atoms with Crippen LogP contribution in [0, 0.1) is 5.92 Å². The number of aromatic nitrogens is 1. The highest BCUT2D eigenvalue weighted by Gasteiger charge is 2.32. The quantitative estimate of drug-likeness (QED) is 0.783. The Morgan fingerprint density at radius 1 is 1.35 bits per heavy atom. The standard InChI is InChI=1S/C17H29N3/c1-5-10-18-14(4)16-7-6-11-19-17(16)20(12-13(2)3)15-8-9-15/h6-7,11,13-15,18H,5,8-10,12H2,1-4H3. The average molecular weight is 275 g/mol. The summed E-state index contributed by atoms with van der Waals surface area (Å²) < 4.78 is 0. The van der Waals surface area contributed by atoms with Crippen LogP contribution in [0.5, 0.6) is 0 Å². The third-order valence-corrected chi connectivity index (χ3v) is 3.81. The van der Waals surface area contributed by atoms with Gasteiger partial charge >= 0.3 is 0 Å². The van der Waals surface area contributed by atoms with Gasteiger partial charge in [-0.2, -0.15) is 0 Å². The summed E-state index contributed by atoms with van der Waals surface area (Å²) in [6.07, 6.45) is 5.73. The van der Waals surface area contributed by atoms with Crippen LogP contribution in [0.3, 0.4) is 0 Å². The lowest BCUT2D eigenvalue weighted by Crippen LogP contribution is -2.33. The van der Waals surface area contributed by atoms with Gasteiger partial charge in [0.15, 0.2) is 0 Å². The summed E-state index contributed by atoms with van der Waals surface area (Å²) in [5.74, 6) is 1.86. The average Bonchev–Trinajstić information content (AvgIpc) is 3.26. The van der Waals surface area contributed by atoms with Gasteiger partial charge < -0.3 is 10.2 Å². The molecule has 1 fully saturated rings. The van der Waals surface area contributed by atoms with Gasteiger partial charge in [0.05, 0.1) is 0 Å². The van der Waals surface area contributed by atoms with Crippen molar-refractivity contribution >= 4 is 5.82 Å². The van der Waals surface area contributed by atoms with Gasteiger partial charge in [0, 0.05) is 30.4 Å². The molecule has 112 valence electrons. The van der Waals surface area contributed by atoms with Crippen molar-refractivity contribution in [2.75, 3.05) is 18.0 Å². The molecule has 1 aliphatic rings. The van der Waals surface area contributed by atoms with Crippen molar-refractivity contribution in [2.24, 2.45) is 5.92 Å². The van der Waals surface area contributed by atoms with Crippen LogP contribution in [0.25, 0.3) is 0 Å². The first-order valence-corrected chi connectivity index (χ1v) is 8.08. The van der Waals surface area contributed by atoms with Crippen LogP contribution in [0.15, 0.2) is 18.3 Å². The maximum absolute atomic E-state index is 4.71. The highest BCUT2D eigenvalue weighted by Crippen LogP contribution is 2.34. The van der Waals surface area contributed by atoms with E-state index in [-0.39, 0.29) is 0 Å². The van der Waals surface area contributed by atoms with Crippen molar-refractivity contribution in [3.63, 3.8) is 0 Å². The Kier molecular flexibility index (Phi) is 5.41. The first-order chi connectivity index (χ1) is 9.63. The SMILES string of the molecule is CCCNC(C)c1cccnc1N(CC(C)C)C1CC1. The lowest BCUT2D eigenvalue weighted by Gasteiger charge is -2.29. The number of hydrogen-bond acceptors (Lipinski definition) is 3. The molecule has 0 saturated heterocycles. The van der Waals surface area contributed by atoms with E-state index in [0.29, 0.717) is 18.0 Å². The molecular formula is C17H29N3. The molecule has 0 aromatic carbocycles. The van der Waals surface area contributed by atoms with Crippen molar-refractivity contribution in [1.29, 1.82) is 0 Å². The van der Waals surface area contributed by atoms with E-state index in [1.165, 1.54) is 24.2 Å². The summed E-state index contributed by atoms with van der Waals surface area (Å²) >= 11 is 0. The highest BCUT2D eigenvalue weighted by atomic mass is 15.2. The van der Waals surface area contributed by atoms with Gasteiger partial charge in [-0.15, -0.1) is 0 Å². The zero-order chi connectivity index (χ0) is 14.5. The van der Waals surface area contributed by atoms with Gasteiger partial charge in [-0.1, -0.05) is 26.8 Å². The van der Waals surface area contributed by atoms with Gasteiger partial charge in [-0.3, -0.25) is 0 Å². The van der Waals surface area contributed by atoms with Crippen LogP contribution in [0.4, 0.5) is 5.82 Å². The summed E-state index contributed by atoms with van der Waals surface area (Å²) in [6, 6.07) is 5.37. The fourth-order valence-electron chi connectivity index (χ4n) is 2.65. The second-order valence-corrected chi connectivity index (χ2v) is 6.37. The molecule has 1 heterocycles. The Balaban J connectivity index is 2.20. The molecular weight excluding hydrogens is 246 g/mol. The molecule has 0 amide bonds. The van der Waals surface area contributed by atoms with Crippen LogP contribution < -0.4 is 10.2 Å².